The number of hydrogen-bond donors (Lipinski definition) is 0. The predicted octanol–water partition coefficient (Wildman–Crippen LogP) is 2.14. The van der Waals surface area contributed by atoms with Crippen LogP contribution in [0.2, 0.25) is 0 Å². The second-order valence-corrected chi connectivity index (χ2v) is 4.07. The maximum absolute atomic E-state index is 11.5. The first-order valence-corrected chi connectivity index (χ1v) is 6.19. The molecule has 0 aromatic carbocycles. The lowest BCUT2D eigenvalue weighted by Gasteiger charge is -2.14. The Morgan fingerprint density at radius 2 is 2.11 bits per heavy atom. The van der Waals surface area contributed by atoms with E-state index < -0.39 is 6.09 Å². The summed E-state index contributed by atoms with van der Waals surface area (Å²) in [4.78, 5) is 23.2. The van der Waals surface area contributed by atoms with Gasteiger partial charge in [0.1, 0.15) is 5.69 Å². The van der Waals surface area contributed by atoms with E-state index in [-0.39, 0.29) is 0 Å². The molecule has 1 heterocycles. The number of ether oxygens (including phenoxy) is 1. The van der Waals surface area contributed by atoms with Gasteiger partial charge in [-0.25, -0.2) is 9.79 Å². The molecule has 0 unspecified atom stereocenters. The van der Waals surface area contributed by atoms with Gasteiger partial charge in [0.25, 0.3) is 0 Å². The Balaban J connectivity index is 2.87. The van der Waals surface area contributed by atoms with Crippen LogP contribution in [0, 0.1) is 0 Å². The van der Waals surface area contributed by atoms with Gasteiger partial charge in [-0.05, 0) is 19.9 Å². The fourth-order valence-corrected chi connectivity index (χ4v) is 1.27. The molecule has 1 aromatic heterocycles. The van der Waals surface area contributed by atoms with E-state index in [1.165, 1.54) is 11.1 Å². The lowest BCUT2D eigenvalue weighted by Crippen LogP contribution is -2.25. The summed E-state index contributed by atoms with van der Waals surface area (Å²) in [6, 6.07) is 1.71. The zero-order valence-electron chi connectivity index (χ0n) is 11.8. The van der Waals surface area contributed by atoms with Gasteiger partial charge in [-0.1, -0.05) is 0 Å². The number of pyridine rings is 1. The fourth-order valence-electron chi connectivity index (χ4n) is 1.27. The third-order valence-corrected chi connectivity index (χ3v) is 2.50. The molecule has 0 bridgehead atoms. The lowest BCUT2D eigenvalue weighted by molar-refractivity contribution is 0.172. The molecular formula is C13H20N4O2. The fraction of sp³-hybridized carbons (Fsp3) is 0.462. The van der Waals surface area contributed by atoms with Crippen molar-refractivity contribution in [2.45, 2.75) is 13.8 Å². The van der Waals surface area contributed by atoms with E-state index in [1.807, 2.05) is 4.90 Å². The van der Waals surface area contributed by atoms with Crippen LogP contribution < -0.4 is 4.74 Å². The zero-order valence-corrected chi connectivity index (χ0v) is 11.8. The summed E-state index contributed by atoms with van der Waals surface area (Å²) in [5.74, 6) is 0.351. The van der Waals surface area contributed by atoms with Crippen LogP contribution in [-0.2, 0) is 0 Å². The number of carbonyl (C=O) groups is 1. The Kier molecular flexibility index (Phi) is 5.78. The van der Waals surface area contributed by atoms with Crippen molar-refractivity contribution in [2.75, 3.05) is 27.2 Å². The molecule has 0 aliphatic rings. The number of hydrogen-bond acceptors (Lipinski definition) is 4. The van der Waals surface area contributed by atoms with E-state index in [2.05, 4.69) is 23.8 Å². The lowest BCUT2D eigenvalue weighted by atomic mass is 10.4. The van der Waals surface area contributed by atoms with Gasteiger partial charge >= 0.3 is 6.09 Å². The van der Waals surface area contributed by atoms with E-state index in [1.54, 1.807) is 32.7 Å². The molecule has 0 fully saturated rings. The summed E-state index contributed by atoms with van der Waals surface area (Å²) >= 11 is 0. The SMILES string of the molecule is CCN(C=Nc1ccncc1OC(=O)N(C)C)CC. The number of aromatic nitrogens is 1. The highest BCUT2D eigenvalue weighted by Gasteiger charge is 2.10. The summed E-state index contributed by atoms with van der Waals surface area (Å²) in [7, 11) is 3.25. The number of aliphatic imine (C=N–C) groups is 1. The number of nitrogens with zero attached hydrogens (tertiary/aromatic N) is 4. The summed E-state index contributed by atoms with van der Waals surface area (Å²) < 4.78 is 5.20. The van der Waals surface area contributed by atoms with Gasteiger partial charge in [0, 0.05) is 33.4 Å². The van der Waals surface area contributed by atoms with Crippen LogP contribution in [-0.4, -0.2) is 54.4 Å². The molecule has 0 N–H and O–H groups in total. The van der Waals surface area contributed by atoms with Gasteiger partial charge in [0.2, 0.25) is 0 Å². The second kappa shape index (κ2) is 7.35. The minimum absolute atomic E-state index is 0.351. The molecule has 0 aliphatic carbocycles. The van der Waals surface area contributed by atoms with Crippen LogP contribution >= 0.6 is 0 Å². The highest BCUT2D eigenvalue weighted by atomic mass is 16.6. The Labute approximate surface area is 113 Å². The molecular weight excluding hydrogens is 244 g/mol. The third kappa shape index (κ3) is 4.57. The molecule has 0 aliphatic heterocycles. The molecule has 0 saturated carbocycles. The Bertz CT molecular complexity index is 442. The predicted molar refractivity (Wildman–Crippen MR) is 75.0 cm³/mol. The monoisotopic (exact) mass is 264 g/mol. The van der Waals surface area contributed by atoms with Crippen molar-refractivity contribution in [1.29, 1.82) is 0 Å². The zero-order chi connectivity index (χ0) is 14.3. The maximum Gasteiger partial charge on any atom is 0.414 e. The molecule has 1 amide bonds. The van der Waals surface area contributed by atoms with Crippen LogP contribution in [0.1, 0.15) is 13.8 Å². The Hall–Kier alpha value is -2.11. The minimum Gasteiger partial charge on any atom is -0.406 e. The van der Waals surface area contributed by atoms with Crippen molar-refractivity contribution in [1.82, 2.24) is 14.8 Å². The molecule has 104 valence electrons. The average Bonchev–Trinajstić information content (AvgIpc) is 2.41. The van der Waals surface area contributed by atoms with Gasteiger partial charge in [0.05, 0.1) is 12.5 Å². The first kappa shape index (κ1) is 14.9. The quantitative estimate of drug-likeness (QED) is 0.604. The summed E-state index contributed by atoms with van der Waals surface area (Å²) in [6.07, 6.45) is 4.38. The van der Waals surface area contributed by atoms with Gasteiger partial charge < -0.3 is 14.5 Å². The third-order valence-electron chi connectivity index (χ3n) is 2.50. The normalized spacial score (nSPS) is 10.5. The van der Waals surface area contributed by atoms with Crippen LogP contribution in [0.3, 0.4) is 0 Å². The van der Waals surface area contributed by atoms with E-state index in [9.17, 15) is 4.79 Å². The first-order chi connectivity index (χ1) is 9.08. The van der Waals surface area contributed by atoms with E-state index >= 15 is 0 Å². The Morgan fingerprint density at radius 3 is 2.68 bits per heavy atom. The molecule has 0 radical (unpaired) electrons. The highest BCUT2D eigenvalue weighted by Crippen LogP contribution is 2.25. The van der Waals surface area contributed by atoms with Gasteiger partial charge in [-0.2, -0.15) is 0 Å². The van der Waals surface area contributed by atoms with Gasteiger partial charge in [-0.3, -0.25) is 4.98 Å². The molecule has 0 atom stereocenters. The highest BCUT2D eigenvalue weighted by molar-refractivity contribution is 5.73. The maximum atomic E-state index is 11.5. The molecule has 6 heteroatoms. The van der Waals surface area contributed by atoms with Crippen molar-refractivity contribution in [3.05, 3.63) is 18.5 Å². The van der Waals surface area contributed by atoms with Crippen LogP contribution in [0.15, 0.2) is 23.5 Å². The van der Waals surface area contributed by atoms with E-state index in [4.69, 9.17) is 4.74 Å². The molecule has 1 rings (SSSR count). The molecule has 6 nitrogen and oxygen atoms in total. The van der Waals surface area contributed by atoms with Crippen molar-refractivity contribution in [3.8, 4) is 5.75 Å². The smallest absolute Gasteiger partial charge is 0.406 e. The standard InChI is InChI=1S/C13H20N4O2/c1-5-17(6-2)10-15-11-7-8-14-9-12(11)19-13(18)16(3)4/h7-10H,5-6H2,1-4H3. The average molecular weight is 264 g/mol. The van der Waals surface area contributed by atoms with Crippen LogP contribution in [0.25, 0.3) is 0 Å². The van der Waals surface area contributed by atoms with Gasteiger partial charge in [-0.15, -0.1) is 0 Å². The Morgan fingerprint density at radius 1 is 1.42 bits per heavy atom. The van der Waals surface area contributed by atoms with Crippen molar-refractivity contribution >= 4 is 18.1 Å². The van der Waals surface area contributed by atoms with Crippen LogP contribution in [0.4, 0.5) is 10.5 Å². The molecule has 1 aromatic rings. The van der Waals surface area contributed by atoms with Crippen molar-refractivity contribution in [3.63, 3.8) is 0 Å². The largest absolute Gasteiger partial charge is 0.414 e. The summed E-state index contributed by atoms with van der Waals surface area (Å²) in [6.45, 7) is 5.85. The number of rotatable bonds is 5. The molecule has 19 heavy (non-hydrogen) atoms. The van der Waals surface area contributed by atoms with Crippen molar-refractivity contribution < 1.29 is 9.53 Å². The van der Waals surface area contributed by atoms with Crippen LogP contribution in [0.5, 0.6) is 5.75 Å². The minimum atomic E-state index is -0.452. The van der Waals surface area contributed by atoms with E-state index in [0.717, 1.165) is 13.1 Å². The van der Waals surface area contributed by atoms with E-state index in [0.29, 0.717) is 11.4 Å². The second-order valence-electron chi connectivity index (χ2n) is 4.07. The topological polar surface area (TPSA) is 58.0 Å². The van der Waals surface area contributed by atoms with Crippen molar-refractivity contribution in [2.24, 2.45) is 4.99 Å². The summed E-state index contributed by atoms with van der Waals surface area (Å²) in [5, 5.41) is 0. The molecule has 0 spiro atoms. The number of carbonyl (C=O) groups excluding carboxylic acids is 1. The van der Waals surface area contributed by atoms with Gasteiger partial charge in [0.15, 0.2) is 5.75 Å². The molecule has 0 saturated heterocycles. The number of amides is 1. The first-order valence-electron chi connectivity index (χ1n) is 6.19. The summed E-state index contributed by atoms with van der Waals surface area (Å²) in [5.41, 5.74) is 0.581.